The molecule has 0 unspecified atom stereocenters. The van der Waals surface area contributed by atoms with Crippen molar-refractivity contribution < 1.29 is 22.7 Å². The van der Waals surface area contributed by atoms with Crippen LogP contribution in [0.4, 0.5) is 10.5 Å². The number of benzene rings is 1. The monoisotopic (exact) mass is 342 g/mol. The fourth-order valence-corrected chi connectivity index (χ4v) is 4.14. The number of urea groups is 1. The van der Waals surface area contributed by atoms with Crippen LogP contribution in [0.25, 0.3) is 0 Å². The lowest BCUT2D eigenvalue weighted by atomic mass is 10.2. The molecule has 1 fully saturated rings. The summed E-state index contributed by atoms with van der Waals surface area (Å²) in [5.41, 5.74) is 0.595. The van der Waals surface area contributed by atoms with Crippen LogP contribution < -0.4 is 10.1 Å². The summed E-state index contributed by atoms with van der Waals surface area (Å²) in [6.45, 7) is 0.906. The molecule has 0 bridgehead atoms. The van der Waals surface area contributed by atoms with Gasteiger partial charge in [-0.1, -0.05) is 6.07 Å². The van der Waals surface area contributed by atoms with Gasteiger partial charge in [0.05, 0.1) is 18.1 Å². The summed E-state index contributed by atoms with van der Waals surface area (Å²) < 4.78 is 33.4. The molecule has 128 valence electrons. The van der Waals surface area contributed by atoms with Gasteiger partial charge in [-0.25, -0.2) is 13.2 Å². The number of nitrogens with one attached hydrogen (secondary N) is 1. The van der Waals surface area contributed by atoms with E-state index in [0.717, 1.165) is 0 Å². The molecule has 23 heavy (non-hydrogen) atoms. The third-order valence-corrected chi connectivity index (χ3v) is 5.47. The summed E-state index contributed by atoms with van der Waals surface area (Å²) in [5.74, 6) is 0.792. The molecule has 7 nitrogen and oxygen atoms in total. The van der Waals surface area contributed by atoms with Gasteiger partial charge in [0.25, 0.3) is 0 Å². The molecule has 2 rings (SSSR count). The van der Waals surface area contributed by atoms with Gasteiger partial charge in [0.15, 0.2) is 9.84 Å². The van der Waals surface area contributed by atoms with Crippen molar-refractivity contribution in [1.29, 1.82) is 0 Å². The average molecular weight is 342 g/mol. The fraction of sp³-hybridized carbons (Fsp3) is 0.533. The Morgan fingerprint density at radius 3 is 2.83 bits per heavy atom. The molecular formula is C15H22N2O5S. The van der Waals surface area contributed by atoms with Crippen molar-refractivity contribution in [2.75, 3.05) is 44.2 Å². The Bertz CT molecular complexity index is 647. The number of carbonyl (C=O) groups is 1. The number of hydrogen-bond donors (Lipinski definition) is 1. The summed E-state index contributed by atoms with van der Waals surface area (Å²) >= 11 is 0. The first-order valence-corrected chi connectivity index (χ1v) is 9.19. The molecular weight excluding hydrogens is 320 g/mol. The van der Waals surface area contributed by atoms with Crippen LogP contribution in [0.5, 0.6) is 5.75 Å². The summed E-state index contributed by atoms with van der Waals surface area (Å²) in [7, 11) is 0.187. The van der Waals surface area contributed by atoms with Crippen molar-refractivity contribution in [2.24, 2.45) is 0 Å². The van der Waals surface area contributed by atoms with Gasteiger partial charge in [-0.05, 0) is 18.6 Å². The van der Waals surface area contributed by atoms with E-state index in [2.05, 4.69) is 5.32 Å². The highest BCUT2D eigenvalue weighted by Gasteiger charge is 2.32. The largest absolute Gasteiger partial charge is 0.491 e. The lowest BCUT2D eigenvalue weighted by molar-refractivity contribution is 0.146. The predicted molar refractivity (Wildman–Crippen MR) is 87.7 cm³/mol. The van der Waals surface area contributed by atoms with Gasteiger partial charge in [0.2, 0.25) is 0 Å². The van der Waals surface area contributed by atoms with Crippen LogP contribution >= 0.6 is 0 Å². The molecule has 0 spiro atoms. The molecule has 0 aromatic heterocycles. The Balaban J connectivity index is 1.93. The van der Waals surface area contributed by atoms with Gasteiger partial charge in [0, 0.05) is 32.0 Å². The fourth-order valence-electron chi connectivity index (χ4n) is 2.36. The lowest BCUT2D eigenvalue weighted by Crippen LogP contribution is -2.40. The molecule has 1 aromatic carbocycles. The highest BCUT2D eigenvalue weighted by Crippen LogP contribution is 2.20. The van der Waals surface area contributed by atoms with Crippen LogP contribution in [0.2, 0.25) is 0 Å². The van der Waals surface area contributed by atoms with Gasteiger partial charge in [0.1, 0.15) is 12.4 Å². The van der Waals surface area contributed by atoms with Gasteiger partial charge >= 0.3 is 6.03 Å². The highest BCUT2D eigenvalue weighted by molar-refractivity contribution is 7.91. The summed E-state index contributed by atoms with van der Waals surface area (Å²) in [6, 6.07) is 6.42. The van der Waals surface area contributed by atoms with Crippen LogP contribution in [-0.4, -0.2) is 64.3 Å². The second-order valence-electron chi connectivity index (χ2n) is 5.47. The maximum Gasteiger partial charge on any atom is 0.321 e. The number of ether oxygens (including phenoxy) is 2. The van der Waals surface area contributed by atoms with E-state index in [1.165, 1.54) is 4.90 Å². The molecule has 2 amide bonds. The zero-order chi connectivity index (χ0) is 16.9. The first kappa shape index (κ1) is 17.6. The van der Waals surface area contributed by atoms with Crippen molar-refractivity contribution in [3.63, 3.8) is 0 Å². The normalized spacial score (nSPS) is 19.3. The Labute approximate surface area is 136 Å². The third-order valence-electron chi connectivity index (χ3n) is 3.72. The van der Waals surface area contributed by atoms with Crippen molar-refractivity contribution in [3.8, 4) is 5.75 Å². The first-order chi connectivity index (χ1) is 10.9. The van der Waals surface area contributed by atoms with E-state index in [0.29, 0.717) is 31.1 Å². The Kier molecular flexibility index (Phi) is 5.84. The van der Waals surface area contributed by atoms with Crippen LogP contribution in [0.15, 0.2) is 24.3 Å². The Morgan fingerprint density at radius 1 is 1.39 bits per heavy atom. The quantitative estimate of drug-likeness (QED) is 0.789. The number of carbonyl (C=O) groups excluding carboxylic acids is 1. The second-order valence-corrected chi connectivity index (χ2v) is 7.70. The topological polar surface area (TPSA) is 84.9 Å². The van der Waals surface area contributed by atoms with Crippen LogP contribution in [0, 0.1) is 0 Å². The number of amides is 2. The minimum Gasteiger partial charge on any atom is -0.491 e. The lowest BCUT2D eigenvalue weighted by Gasteiger charge is -2.23. The van der Waals surface area contributed by atoms with Crippen molar-refractivity contribution in [3.05, 3.63) is 24.3 Å². The predicted octanol–water partition coefficient (Wildman–Crippen LogP) is 1.36. The minimum atomic E-state index is -3.02. The number of rotatable bonds is 6. The van der Waals surface area contributed by atoms with E-state index in [1.54, 1.807) is 38.4 Å². The molecule has 1 N–H and O–H groups in total. The van der Waals surface area contributed by atoms with E-state index >= 15 is 0 Å². The zero-order valence-electron chi connectivity index (χ0n) is 13.3. The smallest absolute Gasteiger partial charge is 0.321 e. The zero-order valence-corrected chi connectivity index (χ0v) is 14.1. The molecule has 8 heteroatoms. The number of nitrogens with zero attached hydrogens (tertiary/aromatic N) is 1. The molecule has 0 aliphatic carbocycles. The molecule has 1 aliphatic heterocycles. The molecule has 1 aliphatic rings. The minimum absolute atomic E-state index is 0.0249. The summed E-state index contributed by atoms with van der Waals surface area (Å²) in [6.07, 6.45) is 0.479. The second kappa shape index (κ2) is 7.65. The van der Waals surface area contributed by atoms with Crippen LogP contribution in [-0.2, 0) is 14.6 Å². The number of methoxy groups -OCH3 is 1. The summed E-state index contributed by atoms with van der Waals surface area (Å²) in [4.78, 5) is 13.7. The number of anilines is 1. The SMILES string of the molecule is COCCOc1cccc(NC(=O)N(C)[C@H]2CCS(=O)(=O)C2)c1. The van der Waals surface area contributed by atoms with Gasteiger partial charge in [-0.2, -0.15) is 0 Å². The van der Waals surface area contributed by atoms with Crippen molar-refractivity contribution in [2.45, 2.75) is 12.5 Å². The molecule has 0 saturated carbocycles. The first-order valence-electron chi connectivity index (χ1n) is 7.37. The van der Waals surface area contributed by atoms with E-state index in [-0.39, 0.29) is 23.6 Å². The maximum atomic E-state index is 12.2. The van der Waals surface area contributed by atoms with E-state index < -0.39 is 9.84 Å². The van der Waals surface area contributed by atoms with E-state index in [4.69, 9.17) is 9.47 Å². The molecule has 0 radical (unpaired) electrons. The Morgan fingerprint density at radius 2 is 2.17 bits per heavy atom. The maximum absolute atomic E-state index is 12.2. The van der Waals surface area contributed by atoms with E-state index in [1.807, 2.05) is 0 Å². The third kappa shape index (κ3) is 5.11. The molecule has 1 aromatic rings. The number of hydrogen-bond acceptors (Lipinski definition) is 5. The van der Waals surface area contributed by atoms with E-state index in [9.17, 15) is 13.2 Å². The van der Waals surface area contributed by atoms with Gasteiger partial charge in [-0.3, -0.25) is 0 Å². The highest BCUT2D eigenvalue weighted by atomic mass is 32.2. The Hall–Kier alpha value is -1.80. The molecule has 1 saturated heterocycles. The summed E-state index contributed by atoms with van der Waals surface area (Å²) in [5, 5.41) is 2.76. The van der Waals surface area contributed by atoms with Gasteiger partial charge < -0.3 is 19.7 Å². The number of sulfone groups is 1. The van der Waals surface area contributed by atoms with Crippen LogP contribution in [0.1, 0.15) is 6.42 Å². The molecule has 1 heterocycles. The average Bonchev–Trinajstić information content (AvgIpc) is 2.87. The van der Waals surface area contributed by atoms with Crippen LogP contribution in [0.3, 0.4) is 0 Å². The van der Waals surface area contributed by atoms with Gasteiger partial charge in [-0.15, -0.1) is 0 Å². The molecule has 1 atom stereocenters. The standard InChI is InChI=1S/C15H22N2O5S/c1-17(13-6-9-23(19,20)11-13)15(18)16-12-4-3-5-14(10-12)22-8-7-21-2/h3-5,10,13H,6-9,11H2,1-2H3,(H,16,18)/t13-/m0/s1. The van der Waals surface area contributed by atoms with Crippen molar-refractivity contribution >= 4 is 21.6 Å². The van der Waals surface area contributed by atoms with Crippen molar-refractivity contribution in [1.82, 2.24) is 4.90 Å².